The largest absolute Gasteiger partial charge is 0.478 e. The Morgan fingerprint density at radius 2 is 1.70 bits per heavy atom. The van der Waals surface area contributed by atoms with Crippen molar-refractivity contribution in [1.29, 1.82) is 0 Å². The lowest BCUT2D eigenvalue weighted by Gasteiger charge is -2.06. The molecule has 0 saturated carbocycles. The fourth-order valence-corrected chi connectivity index (χ4v) is 1.69. The summed E-state index contributed by atoms with van der Waals surface area (Å²) in [5.41, 5.74) is 1.20. The molecule has 20 heavy (non-hydrogen) atoms. The zero-order valence-corrected chi connectivity index (χ0v) is 10.4. The topological polar surface area (TPSA) is 83.5 Å². The molecule has 0 aliphatic heterocycles. The first-order valence-electron chi connectivity index (χ1n) is 5.80. The summed E-state index contributed by atoms with van der Waals surface area (Å²) < 4.78 is 0. The van der Waals surface area contributed by atoms with Crippen LogP contribution in [0, 0.1) is 0 Å². The zero-order chi connectivity index (χ0) is 14.5. The van der Waals surface area contributed by atoms with Gasteiger partial charge in [0.25, 0.3) is 5.91 Å². The van der Waals surface area contributed by atoms with Gasteiger partial charge < -0.3 is 10.4 Å². The SMILES string of the molecule is O=Cc1cccc(C(=O)Nc2cccc(C(=O)O)c2)c1. The van der Waals surface area contributed by atoms with Crippen LogP contribution in [0.3, 0.4) is 0 Å². The second-order valence-electron chi connectivity index (χ2n) is 4.08. The summed E-state index contributed by atoms with van der Waals surface area (Å²) in [6, 6.07) is 12.2. The van der Waals surface area contributed by atoms with Crippen LogP contribution in [-0.4, -0.2) is 23.3 Å². The van der Waals surface area contributed by atoms with E-state index in [1.165, 1.54) is 18.2 Å². The Morgan fingerprint density at radius 1 is 1.00 bits per heavy atom. The van der Waals surface area contributed by atoms with Gasteiger partial charge in [0.15, 0.2) is 0 Å². The van der Waals surface area contributed by atoms with Gasteiger partial charge in [-0.2, -0.15) is 0 Å². The Kier molecular flexibility index (Phi) is 3.91. The van der Waals surface area contributed by atoms with E-state index in [0.29, 0.717) is 23.1 Å². The molecule has 0 fully saturated rings. The molecule has 2 aromatic rings. The molecule has 0 radical (unpaired) electrons. The van der Waals surface area contributed by atoms with Crippen LogP contribution in [0.25, 0.3) is 0 Å². The Morgan fingerprint density at radius 3 is 2.40 bits per heavy atom. The fraction of sp³-hybridized carbons (Fsp3) is 0. The van der Waals surface area contributed by atoms with Crippen molar-refractivity contribution in [2.45, 2.75) is 0 Å². The Labute approximate surface area is 114 Å². The summed E-state index contributed by atoms with van der Waals surface area (Å²) in [6.45, 7) is 0. The molecule has 2 aromatic carbocycles. The number of aldehydes is 1. The van der Waals surface area contributed by atoms with Crippen molar-refractivity contribution in [2.24, 2.45) is 0 Å². The Hall–Kier alpha value is -2.95. The van der Waals surface area contributed by atoms with E-state index in [1.54, 1.807) is 30.3 Å². The first-order valence-corrected chi connectivity index (χ1v) is 5.80. The molecule has 2 rings (SSSR count). The van der Waals surface area contributed by atoms with Crippen LogP contribution in [0.1, 0.15) is 31.1 Å². The molecule has 1 amide bonds. The van der Waals surface area contributed by atoms with Crippen molar-refractivity contribution < 1.29 is 19.5 Å². The Bertz CT molecular complexity index is 679. The second kappa shape index (κ2) is 5.79. The van der Waals surface area contributed by atoms with Crippen LogP contribution in [0.4, 0.5) is 5.69 Å². The minimum Gasteiger partial charge on any atom is -0.478 e. The number of rotatable bonds is 4. The lowest BCUT2D eigenvalue weighted by Crippen LogP contribution is -2.12. The lowest BCUT2D eigenvalue weighted by atomic mass is 10.1. The van der Waals surface area contributed by atoms with Crippen molar-refractivity contribution >= 4 is 23.9 Å². The second-order valence-corrected chi connectivity index (χ2v) is 4.08. The van der Waals surface area contributed by atoms with E-state index in [-0.39, 0.29) is 5.56 Å². The first-order chi connectivity index (χ1) is 9.60. The van der Waals surface area contributed by atoms with Crippen molar-refractivity contribution in [3.8, 4) is 0 Å². The molecule has 0 aromatic heterocycles. The number of carboxylic acids is 1. The highest BCUT2D eigenvalue weighted by molar-refractivity contribution is 6.05. The predicted octanol–water partition coefficient (Wildman–Crippen LogP) is 2.45. The van der Waals surface area contributed by atoms with E-state index in [0.717, 1.165) is 0 Å². The molecule has 0 unspecified atom stereocenters. The van der Waals surface area contributed by atoms with Gasteiger partial charge in [-0.05, 0) is 30.3 Å². The molecule has 100 valence electrons. The van der Waals surface area contributed by atoms with Crippen molar-refractivity contribution in [1.82, 2.24) is 0 Å². The van der Waals surface area contributed by atoms with Crippen LogP contribution in [0.15, 0.2) is 48.5 Å². The number of benzene rings is 2. The molecule has 5 heteroatoms. The molecule has 0 spiro atoms. The third kappa shape index (κ3) is 3.08. The van der Waals surface area contributed by atoms with E-state index in [4.69, 9.17) is 5.11 Å². The van der Waals surface area contributed by atoms with Crippen LogP contribution in [-0.2, 0) is 0 Å². The zero-order valence-electron chi connectivity index (χ0n) is 10.4. The third-order valence-corrected chi connectivity index (χ3v) is 2.65. The van der Waals surface area contributed by atoms with Gasteiger partial charge in [0.05, 0.1) is 5.56 Å². The minimum absolute atomic E-state index is 0.0874. The molecule has 0 aliphatic rings. The van der Waals surface area contributed by atoms with Gasteiger partial charge in [-0.3, -0.25) is 9.59 Å². The van der Waals surface area contributed by atoms with E-state index >= 15 is 0 Å². The van der Waals surface area contributed by atoms with Crippen LogP contribution in [0.5, 0.6) is 0 Å². The fourth-order valence-electron chi connectivity index (χ4n) is 1.69. The molecule has 0 atom stereocenters. The van der Waals surface area contributed by atoms with Gasteiger partial charge in [-0.15, -0.1) is 0 Å². The number of carbonyl (C=O) groups excluding carboxylic acids is 2. The number of carboxylic acid groups (broad SMARTS) is 1. The first kappa shape index (κ1) is 13.5. The lowest BCUT2D eigenvalue weighted by molar-refractivity contribution is 0.0696. The highest BCUT2D eigenvalue weighted by Crippen LogP contribution is 2.13. The van der Waals surface area contributed by atoms with E-state index in [2.05, 4.69) is 5.32 Å². The maximum absolute atomic E-state index is 12.0. The van der Waals surface area contributed by atoms with E-state index in [9.17, 15) is 14.4 Å². The van der Waals surface area contributed by atoms with Crippen molar-refractivity contribution in [3.63, 3.8) is 0 Å². The van der Waals surface area contributed by atoms with Gasteiger partial charge in [-0.1, -0.05) is 18.2 Å². The highest BCUT2D eigenvalue weighted by atomic mass is 16.4. The number of carbonyl (C=O) groups is 3. The van der Waals surface area contributed by atoms with E-state index in [1.807, 2.05) is 0 Å². The van der Waals surface area contributed by atoms with Gasteiger partial charge in [0.1, 0.15) is 6.29 Å². The normalized spacial score (nSPS) is 9.80. The summed E-state index contributed by atoms with van der Waals surface area (Å²) in [7, 11) is 0. The third-order valence-electron chi connectivity index (χ3n) is 2.65. The van der Waals surface area contributed by atoms with Crippen molar-refractivity contribution in [2.75, 3.05) is 5.32 Å². The Balaban J connectivity index is 2.20. The highest BCUT2D eigenvalue weighted by Gasteiger charge is 2.08. The molecule has 0 bridgehead atoms. The number of hydrogen-bond donors (Lipinski definition) is 2. The molecule has 0 saturated heterocycles. The van der Waals surface area contributed by atoms with Gasteiger partial charge in [0, 0.05) is 16.8 Å². The quantitative estimate of drug-likeness (QED) is 0.835. The summed E-state index contributed by atoms with van der Waals surface area (Å²) in [5.74, 6) is -1.47. The van der Waals surface area contributed by atoms with Crippen LogP contribution in [0.2, 0.25) is 0 Å². The smallest absolute Gasteiger partial charge is 0.335 e. The summed E-state index contributed by atoms with van der Waals surface area (Å²) in [5, 5.41) is 11.5. The molecule has 5 nitrogen and oxygen atoms in total. The summed E-state index contributed by atoms with van der Waals surface area (Å²) in [6.07, 6.45) is 0.655. The summed E-state index contributed by atoms with van der Waals surface area (Å²) in [4.78, 5) is 33.5. The van der Waals surface area contributed by atoms with Crippen molar-refractivity contribution in [3.05, 3.63) is 65.2 Å². The molecular weight excluding hydrogens is 258 g/mol. The van der Waals surface area contributed by atoms with Crippen LogP contribution >= 0.6 is 0 Å². The van der Waals surface area contributed by atoms with Crippen LogP contribution < -0.4 is 5.32 Å². The van der Waals surface area contributed by atoms with Gasteiger partial charge in [0.2, 0.25) is 0 Å². The number of nitrogens with one attached hydrogen (secondary N) is 1. The maximum atomic E-state index is 12.0. The average Bonchev–Trinajstić information content (AvgIpc) is 2.47. The summed E-state index contributed by atoms with van der Waals surface area (Å²) >= 11 is 0. The molecular formula is C15H11NO4. The van der Waals surface area contributed by atoms with Gasteiger partial charge >= 0.3 is 5.97 Å². The maximum Gasteiger partial charge on any atom is 0.335 e. The number of aromatic carboxylic acids is 1. The average molecular weight is 269 g/mol. The minimum atomic E-state index is -1.07. The number of anilines is 1. The molecule has 0 heterocycles. The monoisotopic (exact) mass is 269 g/mol. The van der Waals surface area contributed by atoms with Gasteiger partial charge in [-0.25, -0.2) is 4.79 Å². The van der Waals surface area contributed by atoms with E-state index < -0.39 is 11.9 Å². The molecule has 0 aliphatic carbocycles. The number of hydrogen-bond acceptors (Lipinski definition) is 3. The molecule has 2 N–H and O–H groups in total. The number of amides is 1. The standard InChI is InChI=1S/C15H11NO4/c17-9-10-3-1-4-11(7-10)14(18)16-13-6-2-5-12(8-13)15(19)20/h1-9H,(H,16,18)(H,19,20). The predicted molar refractivity (Wildman–Crippen MR) is 73.2 cm³/mol.